The molecule has 0 saturated heterocycles. The molecule has 0 unspecified atom stereocenters. The summed E-state index contributed by atoms with van der Waals surface area (Å²) in [5.74, 6) is 0. The van der Waals surface area contributed by atoms with Crippen molar-refractivity contribution in [3.05, 3.63) is 210 Å². The van der Waals surface area contributed by atoms with Crippen LogP contribution in [0.4, 0.5) is 5.69 Å². The van der Waals surface area contributed by atoms with Crippen LogP contribution in [0.3, 0.4) is 0 Å². The van der Waals surface area contributed by atoms with E-state index in [4.69, 9.17) is 9.11 Å². The summed E-state index contributed by atoms with van der Waals surface area (Å²) >= 11 is 4.72. The molecule has 0 heterocycles. The summed E-state index contributed by atoms with van der Waals surface area (Å²) in [7, 11) is -9.88. The minimum atomic E-state index is -4.17. The van der Waals surface area contributed by atoms with Gasteiger partial charge in [0, 0.05) is 4.92 Å². The van der Waals surface area contributed by atoms with Crippen molar-refractivity contribution in [3.8, 4) is 0 Å². The van der Waals surface area contributed by atoms with Gasteiger partial charge in [0.05, 0.1) is 9.79 Å². The number of benzene rings is 7. The van der Waals surface area contributed by atoms with Gasteiger partial charge in [0.25, 0.3) is 20.2 Å². The zero-order chi connectivity index (χ0) is 41.3. The zero-order valence-electron chi connectivity index (χ0n) is 29.7. The molecular weight excluding hydrogens is 1010 g/mol. The van der Waals surface area contributed by atoms with E-state index >= 15 is 0 Å². The Balaban J connectivity index is 0.000000201. The molecule has 57 heavy (non-hydrogen) atoms. The van der Waals surface area contributed by atoms with Crippen LogP contribution in [0.25, 0.3) is 0 Å². The van der Waals surface area contributed by atoms with Gasteiger partial charge in [-0.05, 0) is 71.9 Å². The predicted octanol–water partition coefficient (Wildman–Crippen LogP) is 7.66. The van der Waals surface area contributed by atoms with E-state index in [0.717, 1.165) is 10.6 Å². The third kappa shape index (κ3) is 14.1. The molecule has 9 nitrogen and oxygen atoms in total. The van der Waals surface area contributed by atoms with E-state index in [1.165, 1.54) is 69.7 Å². The Labute approximate surface area is 356 Å². The first kappa shape index (κ1) is 45.7. The van der Waals surface area contributed by atoms with E-state index in [2.05, 4.69) is 70.2 Å². The number of hydrogen-bond donors (Lipinski definition) is 2. The molecule has 7 rings (SSSR count). The number of rotatable bonds is 9. The van der Waals surface area contributed by atoms with E-state index in [0.29, 0.717) is 0 Å². The Bertz CT molecular complexity index is 2260. The summed E-state index contributed by atoms with van der Waals surface area (Å²) in [6, 6.07) is 61.9. The van der Waals surface area contributed by atoms with Crippen molar-refractivity contribution < 1.29 is 46.5 Å². The fraction of sp³-hybridized carbons (Fsp3) is 0. The molecule has 0 radical (unpaired) electrons. The Kier molecular flexibility index (Phi) is 18.3. The molecule has 2 N–H and O–H groups in total. The number of halogens is 1. The van der Waals surface area contributed by atoms with Gasteiger partial charge in [0.1, 0.15) is 0 Å². The first-order chi connectivity index (χ1) is 27.4. The molecule has 15 heteroatoms. The number of non-ortho nitro benzene ring substituents is 1. The number of nitro benzene ring substituents is 1. The van der Waals surface area contributed by atoms with Crippen LogP contribution in [0.5, 0.6) is 0 Å². The van der Waals surface area contributed by atoms with Crippen molar-refractivity contribution in [3.63, 3.8) is 0 Å². The first-order valence-corrected chi connectivity index (χ1v) is 26.8. The molecule has 0 atom stereocenters. The fourth-order valence-corrected chi connectivity index (χ4v) is 10.8. The molecular formula is C42H34INO8P2PdS2. The Morgan fingerprint density at radius 2 is 0.702 bits per heavy atom. The van der Waals surface area contributed by atoms with Gasteiger partial charge < -0.3 is 0 Å². The minimum absolute atomic E-state index is 0.0858. The van der Waals surface area contributed by atoms with E-state index in [-0.39, 0.29) is 15.5 Å². The van der Waals surface area contributed by atoms with Gasteiger partial charge in [-0.3, -0.25) is 19.2 Å². The molecule has 0 aromatic heterocycles. The fourth-order valence-electron chi connectivity index (χ4n) is 5.24. The number of nitrogens with zero attached hydrogens (tertiary/aromatic N) is 1. The normalized spacial score (nSPS) is 10.9. The third-order valence-corrected chi connectivity index (χ3v) is 14.4. The second-order valence-electron chi connectivity index (χ2n) is 11.5. The van der Waals surface area contributed by atoms with E-state index in [9.17, 15) is 26.9 Å². The van der Waals surface area contributed by atoms with Crippen LogP contribution in [0.15, 0.2) is 204 Å². The van der Waals surface area contributed by atoms with Gasteiger partial charge in [-0.1, -0.05) is 158 Å². The van der Waals surface area contributed by atoms with Crippen LogP contribution in [-0.4, -0.2) is 30.9 Å². The Morgan fingerprint density at radius 1 is 0.456 bits per heavy atom. The van der Waals surface area contributed by atoms with Gasteiger partial charge in [-0.15, -0.1) is 0 Å². The maximum absolute atomic E-state index is 11.2. The molecule has 294 valence electrons. The SMILES string of the molecule is O=S(=O)(O)c1ccc(P(c2ccccc2)c2ccccc2)cc1.O=S(=O)(O)c1ccc(P(c2ccccc2)c2ccccc2)cc1.O=[N+]([O-])c1cc[c-]cc1.[Pd+][I]. The van der Waals surface area contributed by atoms with Crippen molar-refractivity contribution in [1.82, 2.24) is 0 Å². The molecule has 0 saturated carbocycles. The topological polar surface area (TPSA) is 152 Å². The Hall–Kier alpha value is -3.99. The zero-order valence-corrected chi connectivity index (χ0v) is 36.8. The van der Waals surface area contributed by atoms with E-state index in [1.807, 2.05) is 92.3 Å². The van der Waals surface area contributed by atoms with Crippen molar-refractivity contribution in [2.75, 3.05) is 0 Å². The van der Waals surface area contributed by atoms with Gasteiger partial charge in [-0.2, -0.15) is 35.0 Å². The van der Waals surface area contributed by atoms with Crippen LogP contribution in [-0.2, 0) is 35.8 Å². The van der Waals surface area contributed by atoms with Crippen LogP contribution >= 0.6 is 35.4 Å². The van der Waals surface area contributed by atoms with Crippen molar-refractivity contribution in [2.24, 2.45) is 0 Å². The molecule has 0 bridgehead atoms. The molecule has 0 amide bonds. The standard InChI is InChI=1S/2C18H15O3PS.C6H4NO2.HI.Pd/c2*19-23(20,21)18-13-11-17(12-14-18)22(15-7-3-1-4-8-15)16-9-5-2-6-10-16;8-7(9)6-4-2-1-3-5-6;;/h2*1-14H,(H,19,20,21);2-5H;1H;/q;;-1;;+2/p-1. The first-order valence-electron chi connectivity index (χ1n) is 16.6. The van der Waals surface area contributed by atoms with Crippen LogP contribution in [0.2, 0.25) is 0 Å². The Morgan fingerprint density at radius 3 is 0.912 bits per heavy atom. The molecule has 0 fully saturated rings. The van der Waals surface area contributed by atoms with Crippen LogP contribution in [0, 0.1) is 16.2 Å². The molecule has 0 spiro atoms. The van der Waals surface area contributed by atoms with Crippen LogP contribution < -0.4 is 31.8 Å². The third-order valence-electron chi connectivity index (χ3n) is 7.75. The van der Waals surface area contributed by atoms with Gasteiger partial charge >= 0.3 is 35.1 Å². The van der Waals surface area contributed by atoms with Crippen molar-refractivity contribution in [2.45, 2.75) is 9.79 Å². The molecule has 0 aliphatic carbocycles. The number of nitro groups is 1. The monoisotopic (exact) mass is 1040 g/mol. The maximum atomic E-state index is 11.2. The summed E-state index contributed by atoms with van der Waals surface area (Å²) in [5.41, 5.74) is 0.105. The quantitative estimate of drug-likeness (QED) is 0.0285. The van der Waals surface area contributed by atoms with Gasteiger partial charge in [-0.25, -0.2) is 0 Å². The van der Waals surface area contributed by atoms with Crippen molar-refractivity contribution in [1.29, 1.82) is 0 Å². The average molecular weight is 1040 g/mol. The summed E-state index contributed by atoms with van der Waals surface area (Å²) in [5, 5.41) is 16.8. The van der Waals surface area contributed by atoms with Crippen molar-refractivity contribution >= 4 is 93.1 Å². The van der Waals surface area contributed by atoms with E-state index < -0.39 is 41.0 Å². The molecule has 0 aliphatic rings. The average Bonchev–Trinajstić information content (AvgIpc) is 3.24. The second-order valence-corrected chi connectivity index (χ2v) is 18.7. The summed E-state index contributed by atoms with van der Waals surface area (Å²) in [6.07, 6.45) is 0. The number of hydrogen-bond acceptors (Lipinski definition) is 6. The predicted molar refractivity (Wildman–Crippen MR) is 236 cm³/mol. The van der Waals surface area contributed by atoms with E-state index in [1.54, 1.807) is 24.3 Å². The van der Waals surface area contributed by atoms with Gasteiger partial charge in [0.15, 0.2) is 5.69 Å². The summed E-state index contributed by atoms with van der Waals surface area (Å²) < 4.78 is 63.1. The molecule has 0 aliphatic heterocycles. The molecule has 7 aromatic carbocycles. The molecule has 7 aromatic rings. The summed E-state index contributed by atoms with van der Waals surface area (Å²) in [4.78, 5) is 9.38. The summed E-state index contributed by atoms with van der Waals surface area (Å²) in [6.45, 7) is 0. The second kappa shape index (κ2) is 22.8. The van der Waals surface area contributed by atoms with Crippen LogP contribution in [0.1, 0.15) is 0 Å². The van der Waals surface area contributed by atoms with Gasteiger partial charge in [0.2, 0.25) is 0 Å².